The summed E-state index contributed by atoms with van der Waals surface area (Å²) in [5.74, 6) is 0.582. The van der Waals surface area contributed by atoms with Crippen LogP contribution in [0.4, 0.5) is 13.2 Å². The standard InChI is InChI=1S/C20H25F3N4S/c1-24-19(25-13-15-6-4-7-16(12-15)20(21,22)23)26-14-17(18-8-5-11-28-18)27-9-2-3-10-27/h4-8,11-12,17H,2-3,9-10,13-14H2,1H3,(H2,24,25,26). The third-order valence-electron chi connectivity index (χ3n) is 4.85. The minimum atomic E-state index is -4.33. The molecule has 1 fully saturated rings. The van der Waals surface area contributed by atoms with E-state index >= 15 is 0 Å². The Morgan fingerprint density at radius 3 is 2.61 bits per heavy atom. The molecule has 0 radical (unpaired) electrons. The second-order valence-electron chi connectivity index (χ2n) is 6.78. The van der Waals surface area contributed by atoms with E-state index in [-0.39, 0.29) is 12.6 Å². The molecule has 2 N–H and O–H groups in total. The van der Waals surface area contributed by atoms with E-state index in [4.69, 9.17) is 0 Å². The fraction of sp³-hybridized carbons (Fsp3) is 0.450. The van der Waals surface area contributed by atoms with E-state index < -0.39 is 11.7 Å². The molecule has 152 valence electrons. The molecular weight excluding hydrogens is 385 g/mol. The number of hydrogen-bond donors (Lipinski definition) is 2. The Bertz CT molecular complexity index is 768. The minimum absolute atomic E-state index is 0.273. The first-order valence-corrected chi connectivity index (χ1v) is 10.2. The van der Waals surface area contributed by atoms with Crippen molar-refractivity contribution in [1.82, 2.24) is 15.5 Å². The van der Waals surface area contributed by atoms with Crippen LogP contribution in [0, 0.1) is 0 Å². The summed E-state index contributed by atoms with van der Waals surface area (Å²) in [6, 6.07) is 9.83. The maximum atomic E-state index is 12.9. The molecule has 1 aromatic carbocycles. The third kappa shape index (κ3) is 5.48. The normalized spacial score (nSPS) is 16.9. The lowest BCUT2D eigenvalue weighted by atomic mass is 10.1. The van der Waals surface area contributed by atoms with Gasteiger partial charge in [0, 0.05) is 25.0 Å². The van der Waals surface area contributed by atoms with Crippen molar-refractivity contribution < 1.29 is 13.2 Å². The van der Waals surface area contributed by atoms with Gasteiger partial charge >= 0.3 is 6.18 Å². The summed E-state index contributed by atoms with van der Waals surface area (Å²) < 4.78 is 38.6. The summed E-state index contributed by atoms with van der Waals surface area (Å²) in [6.07, 6.45) is -1.91. The van der Waals surface area contributed by atoms with Crippen molar-refractivity contribution in [3.8, 4) is 0 Å². The maximum absolute atomic E-state index is 12.9. The van der Waals surface area contributed by atoms with Gasteiger partial charge < -0.3 is 10.6 Å². The molecule has 28 heavy (non-hydrogen) atoms. The Morgan fingerprint density at radius 2 is 1.96 bits per heavy atom. The van der Waals surface area contributed by atoms with E-state index in [0.29, 0.717) is 18.1 Å². The zero-order valence-electron chi connectivity index (χ0n) is 15.8. The predicted molar refractivity (Wildman–Crippen MR) is 108 cm³/mol. The number of nitrogens with zero attached hydrogens (tertiary/aromatic N) is 2. The van der Waals surface area contributed by atoms with Gasteiger partial charge in [0.25, 0.3) is 0 Å². The smallest absolute Gasteiger partial charge is 0.354 e. The SMILES string of the molecule is CN=C(NCc1cccc(C(F)(F)F)c1)NCC(c1cccs1)N1CCCC1. The van der Waals surface area contributed by atoms with Crippen molar-refractivity contribution in [2.24, 2.45) is 4.99 Å². The lowest BCUT2D eigenvalue weighted by molar-refractivity contribution is -0.137. The minimum Gasteiger partial charge on any atom is -0.354 e. The highest BCUT2D eigenvalue weighted by Gasteiger charge is 2.30. The Labute approximate surface area is 167 Å². The van der Waals surface area contributed by atoms with Gasteiger partial charge in [0.2, 0.25) is 0 Å². The van der Waals surface area contributed by atoms with E-state index in [9.17, 15) is 13.2 Å². The van der Waals surface area contributed by atoms with Gasteiger partial charge in [-0.05, 0) is 55.1 Å². The van der Waals surface area contributed by atoms with E-state index in [0.717, 1.165) is 19.2 Å². The maximum Gasteiger partial charge on any atom is 0.416 e. The monoisotopic (exact) mass is 410 g/mol. The molecular formula is C20H25F3N4S. The van der Waals surface area contributed by atoms with Crippen LogP contribution in [0.1, 0.15) is 34.9 Å². The molecule has 0 spiro atoms. The number of nitrogens with one attached hydrogen (secondary N) is 2. The van der Waals surface area contributed by atoms with Crippen molar-refractivity contribution in [2.75, 3.05) is 26.7 Å². The summed E-state index contributed by atoms with van der Waals surface area (Å²) >= 11 is 1.74. The van der Waals surface area contributed by atoms with Crippen LogP contribution in [-0.4, -0.2) is 37.5 Å². The van der Waals surface area contributed by atoms with Crippen LogP contribution in [0.5, 0.6) is 0 Å². The first-order valence-electron chi connectivity index (χ1n) is 9.35. The summed E-state index contributed by atoms with van der Waals surface area (Å²) in [7, 11) is 1.66. The van der Waals surface area contributed by atoms with Crippen LogP contribution >= 0.6 is 11.3 Å². The summed E-state index contributed by atoms with van der Waals surface area (Å²) in [5.41, 5.74) is -0.0753. The van der Waals surface area contributed by atoms with Crippen molar-refractivity contribution in [2.45, 2.75) is 31.6 Å². The van der Waals surface area contributed by atoms with Gasteiger partial charge in [-0.1, -0.05) is 18.2 Å². The Kier molecular flexibility index (Phi) is 6.96. The van der Waals surface area contributed by atoms with Gasteiger partial charge in [-0.25, -0.2) is 0 Å². The molecule has 3 rings (SSSR count). The molecule has 4 nitrogen and oxygen atoms in total. The fourth-order valence-electron chi connectivity index (χ4n) is 3.40. The zero-order valence-corrected chi connectivity index (χ0v) is 16.6. The van der Waals surface area contributed by atoms with Crippen molar-refractivity contribution in [1.29, 1.82) is 0 Å². The van der Waals surface area contributed by atoms with Crippen LogP contribution < -0.4 is 10.6 Å². The zero-order chi connectivity index (χ0) is 20.0. The second-order valence-corrected chi connectivity index (χ2v) is 7.76. The average Bonchev–Trinajstić information content (AvgIpc) is 3.38. The molecule has 1 aromatic heterocycles. The summed E-state index contributed by atoms with van der Waals surface area (Å²) in [6.45, 7) is 3.14. The number of hydrogen-bond acceptors (Lipinski definition) is 3. The first kappa shape index (κ1) is 20.7. The quantitative estimate of drug-likeness (QED) is 0.552. The number of benzene rings is 1. The molecule has 1 saturated heterocycles. The summed E-state index contributed by atoms with van der Waals surface area (Å²) in [4.78, 5) is 7.99. The lowest BCUT2D eigenvalue weighted by Gasteiger charge is -2.27. The van der Waals surface area contributed by atoms with Gasteiger partial charge in [-0.3, -0.25) is 9.89 Å². The van der Waals surface area contributed by atoms with E-state index in [1.165, 1.54) is 29.9 Å². The predicted octanol–water partition coefficient (Wildman–Crippen LogP) is 4.27. The second kappa shape index (κ2) is 9.43. The molecule has 0 bridgehead atoms. The van der Waals surface area contributed by atoms with Gasteiger partial charge in [0.15, 0.2) is 5.96 Å². The van der Waals surface area contributed by atoms with Crippen molar-refractivity contribution >= 4 is 17.3 Å². The largest absolute Gasteiger partial charge is 0.416 e. The molecule has 1 unspecified atom stereocenters. The highest BCUT2D eigenvalue weighted by molar-refractivity contribution is 7.10. The molecule has 0 aliphatic carbocycles. The number of likely N-dealkylation sites (tertiary alicyclic amines) is 1. The number of halogens is 3. The summed E-state index contributed by atoms with van der Waals surface area (Å²) in [5, 5.41) is 8.53. The van der Waals surface area contributed by atoms with Crippen LogP contribution in [-0.2, 0) is 12.7 Å². The molecule has 1 aliphatic rings. The third-order valence-corrected chi connectivity index (χ3v) is 5.83. The van der Waals surface area contributed by atoms with E-state index in [1.807, 2.05) is 0 Å². The van der Waals surface area contributed by atoms with Crippen LogP contribution in [0.25, 0.3) is 0 Å². The Hall–Kier alpha value is -2.06. The molecule has 1 atom stereocenters. The van der Waals surface area contributed by atoms with Crippen LogP contribution in [0.2, 0.25) is 0 Å². The fourth-order valence-corrected chi connectivity index (χ4v) is 4.26. The number of thiophene rings is 1. The van der Waals surface area contributed by atoms with Gasteiger partial charge in [0.05, 0.1) is 11.6 Å². The topological polar surface area (TPSA) is 39.7 Å². The van der Waals surface area contributed by atoms with Crippen molar-refractivity contribution in [3.05, 3.63) is 57.8 Å². The van der Waals surface area contributed by atoms with E-state index in [2.05, 4.69) is 38.0 Å². The van der Waals surface area contributed by atoms with E-state index in [1.54, 1.807) is 24.5 Å². The van der Waals surface area contributed by atoms with Crippen LogP contribution in [0.3, 0.4) is 0 Å². The average molecular weight is 411 g/mol. The molecule has 8 heteroatoms. The van der Waals surface area contributed by atoms with Crippen molar-refractivity contribution in [3.63, 3.8) is 0 Å². The lowest BCUT2D eigenvalue weighted by Crippen LogP contribution is -2.42. The molecule has 0 saturated carbocycles. The molecule has 2 aromatic rings. The molecule has 1 aliphatic heterocycles. The van der Waals surface area contributed by atoms with Gasteiger partial charge in [-0.2, -0.15) is 13.2 Å². The van der Waals surface area contributed by atoms with Gasteiger partial charge in [-0.15, -0.1) is 11.3 Å². The number of alkyl halides is 3. The van der Waals surface area contributed by atoms with Crippen LogP contribution in [0.15, 0.2) is 46.8 Å². The van der Waals surface area contributed by atoms with Gasteiger partial charge in [0.1, 0.15) is 0 Å². The number of rotatable bonds is 6. The Balaban J connectivity index is 1.58. The first-order chi connectivity index (χ1) is 13.5. The Morgan fingerprint density at radius 1 is 1.18 bits per heavy atom. The number of guanidine groups is 1. The highest BCUT2D eigenvalue weighted by atomic mass is 32.1. The highest BCUT2D eigenvalue weighted by Crippen LogP contribution is 2.30. The molecule has 0 amide bonds. The molecule has 2 heterocycles. The number of aliphatic imine (C=N–C) groups is 1.